The second kappa shape index (κ2) is 9.08. The fourth-order valence-corrected chi connectivity index (χ4v) is 4.60. The van der Waals surface area contributed by atoms with Crippen LogP contribution in [0.3, 0.4) is 0 Å². The molecule has 1 saturated heterocycles. The van der Waals surface area contributed by atoms with Crippen molar-refractivity contribution in [2.75, 3.05) is 39.8 Å². The minimum atomic E-state index is -0.557. The van der Waals surface area contributed by atoms with E-state index in [4.69, 9.17) is 0 Å². The number of amides is 1. The molecule has 5 heteroatoms. The number of aliphatic hydroxyl groups is 1. The van der Waals surface area contributed by atoms with E-state index in [1.54, 1.807) is 0 Å². The molecular weight excluding hydrogens is 362 g/mol. The summed E-state index contributed by atoms with van der Waals surface area (Å²) in [6.45, 7) is 4.64. The standard InChI is InChI=1S/C24H31N3O2/c1-25-13-12-22(16-25)27(24(29)20-8-3-2-4-9-20)18-23(28)17-26-14-11-19-7-5-6-10-21(19)15-26/h2-10,22-23,28H,11-18H2,1H3. The SMILES string of the molecule is CN1CCC(N(CC(O)CN2CCc3ccccc3C2)C(=O)c2ccccc2)C1. The van der Waals surface area contributed by atoms with Crippen LogP contribution in [0.25, 0.3) is 0 Å². The largest absolute Gasteiger partial charge is 0.390 e. The average molecular weight is 394 g/mol. The van der Waals surface area contributed by atoms with Crippen LogP contribution in [0.15, 0.2) is 54.6 Å². The van der Waals surface area contributed by atoms with Crippen molar-refractivity contribution in [3.05, 3.63) is 71.3 Å². The Kier molecular flexibility index (Phi) is 6.28. The van der Waals surface area contributed by atoms with Crippen molar-refractivity contribution in [1.29, 1.82) is 0 Å². The molecule has 2 atom stereocenters. The Bertz CT molecular complexity index is 826. The molecule has 29 heavy (non-hydrogen) atoms. The third kappa shape index (κ3) is 4.86. The average Bonchev–Trinajstić information content (AvgIpc) is 3.18. The molecule has 2 aromatic rings. The first-order valence-corrected chi connectivity index (χ1v) is 10.6. The maximum Gasteiger partial charge on any atom is 0.254 e. The zero-order chi connectivity index (χ0) is 20.2. The Labute approximate surface area is 173 Å². The zero-order valence-electron chi connectivity index (χ0n) is 17.2. The molecule has 0 bridgehead atoms. The van der Waals surface area contributed by atoms with Crippen LogP contribution < -0.4 is 0 Å². The fraction of sp³-hybridized carbons (Fsp3) is 0.458. The number of hydrogen-bond acceptors (Lipinski definition) is 4. The molecule has 2 heterocycles. The van der Waals surface area contributed by atoms with Crippen molar-refractivity contribution in [2.45, 2.75) is 31.5 Å². The lowest BCUT2D eigenvalue weighted by atomic mass is 9.99. The van der Waals surface area contributed by atoms with Gasteiger partial charge in [0.25, 0.3) is 5.91 Å². The molecule has 2 aliphatic heterocycles. The molecule has 0 aromatic heterocycles. The molecule has 2 unspecified atom stereocenters. The lowest BCUT2D eigenvalue weighted by Gasteiger charge is -2.34. The van der Waals surface area contributed by atoms with Gasteiger partial charge in [-0.05, 0) is 49.7 Å². The highest BCUT2D eigenvalue weighted by Crippen LogP contribution is 2.21. The first-order valence-electron chi connectivity index (χ1n) is 10.6. The second-order valence-electron chi connectivity index (χ2n) is 8.44. The third-order valence-electron chi connectivity index (χ3n) is 6.17. The van der Waals surface area contributed by atoms with Gasteiger partial charge in [-0.3, -0.25) is 9.69 Å². The Morgan fingerprint density at radius 3 is 2.55 bits per heavy atom. The minimum absolute atomic E-state index is 0.0222. The van der Waals surface area contributed by atoms with Gasteiger partial charge in [-0.15, -0.1) is 0 Å². The van der Waals surface area contributed by atoms with Gasteiger partial charge >= 0.3 is 0 Å². The molecule has 0 spiro atoms. The lowest BCUT2D eigenvalue weighted by molar-refractivity contribution is 0.0407. The minimum Gasteiger partial charge on any atom is -0.390 e. The van der Waals surface area contributed by atoms with Crippen LogP contribution in [0.1, 0.15) is 27.9 Å². The summed E-state index contributed by atoms with van der Waals surface area (Å²) in [7, 11) is 2.09. The van der Waals surface area contributed by atoms with Crippen molar-refractivity contribution < 1.29 is 9.90 Å². The van der Waals surface area contributed by atoms with E-state index in [-0.39, 0.29) is 11.9 Å². The predicted octanol–water partition coefficient (Wildman–Crippen LogP) is 2.25. The summed E-state index contributed by atoms with van der Waals surface area (Å²) in [6, 6.07) is 18.1. The number of benzene rings is 2. The van der Waals surface area contributed by atoms with Gasteiger partial charge < -0.3 is 14.9 Å². The van der Waals surface area contributed by atoms with Crippen molar-refractivity contribution in [3.8, 4) is 0 Å². The second-order valence-corrected chi connectivity index (χ2v) is 8.44. The molecule has 4 rings (SSSR count). The maximum absolute atomic E-state index is 13.2. The normalized spacial score (nSPS) is 21.0. The number of fused-ring (bicyclic) bond motifs is 1. The summed E-state index contributed by atoms with van der Waals surface area (Å²) in [5.74, 6) is 0.0222. The Hall–Kier alpha value is -2.21. The van der Waals surface area contributed by atoms with Crippen LogP contribution in [0.2, 0.25) is 0 Å². The van der Waals surface area contributed by atoms with Gasteiger partial charge in [-0.2, -0.15) is 0 Å². The molecule has 0 aliphatic carbocycles. The third-order valence-corrected chi connectivity index (χ3v) is 6.17. The first-order chi connectivity index (χ1) is 14.1. The van der Waals surface area contributed by atoms with Gasteiger partial charge in [0.15, 0.2) is 0 Å². The smallest absolute Gasteiger partial charge is 0.254 e. The lowest BCUT2D eigenvalue weighted by Crippen LogP contribution is -2.48. The summed E-state index contributed by atoms with van der Waals surface area (Å²) in [6.07, 6.45) is 1.42. The van der Waals surface area contributed by atoms with E-state index in [0.717, 1.165) is 39.0 Å². The number of β-amino-alcohol motifs (C(OH)–C–C–N with tert-alkyl or cyclic N) is 1. The Morgan fingerprint density at radius 1 is 1.10 bits per heavy atom. The summed E-state index contributed by atoms with van der Waals surface area (Å²) < 4.78 is 0. The van der Waals surface area contributed by atoms with Gasteiger partial charge in [-0.1, -0.05) is 42.5 Å². The van der Waals surface area contributed by atoms with Crippen LogP contribution in [0.4, 0.5) is 0 Å². The molecule has 1 fully saturated rings. The monoisotopic (exact) mass is 393 g/mol. The van der Waals surface area contributed by atoms with E-state index in [9.17, 15) is 9.90 Å². The molecule has 2 aromatic carbocycles. The van der Waals surface area contributed by atoms with Gasteiger partial charge in [0, 0.05) is 44.3 Å². The van der Waals surface area contributed by atoms with Crippen molar-refractivity contribution >= 4 is 5.91 Å². The van der Waals surface area contributed by atoms with E-state index >= 15 is 0 Å². The van der Waals surface area contributed by atoms with Crippen LogP contribution in [-0.4, -0.2) is 77.6 Å². The zero-order valence-corrected chi connectivity index (χ0v) is 17.2. The van der Waals surface area contributed by atoms with E-state index in [0.29, 0.717) is 18.7 Å². The van der Waals surface area contributed by atoms with Gasteiger partial charge in [0.05, 0.1) is 6.10 Å². The van der Waals surface area contributed by atoms with Gasteiger partial charge in [0.1, 0.15) is 0 Å². The number of likely N-dealkylation sites (N-methyl/N-ethyl adjacent to an activating group) is 1. The highest BCUT2D eigenvalue weighted by atomic mass is 16.3. The molecule has 0 radical (unpaired) electrons. The number of carbonyl (C=O) groups is 1. The Morgan fingerprint density at radius 2 is 1.83 bits per heavy atom. The van der Waals surface area contributed by atoms with E-state index in [1.165, 1.54) is 11.1 Å². The number of aliphatic hydroxyl groups excluding tert-OH is 1. The number of nitrogens with zero attached hydrogens (tertiary/aromatic N) is 3. The van der Waals surface area contributed by atoms with Crippen LogP contribution in [-0.2, 0) is 13.0 Å². The van der Waals surface area contributed by atoms with Gasteiger partial charge in [0.2, 0.25) is 0 Å². The number of rotatable bonds is 6. The summed E-state index contributed by atoms with van der Waals surface area (Å²) in [4.78, 5) is 19.7. The molecule has 5 nitrogen and oxygen atoms in total. The van der Waals surface area contributed by atoms with Crippen molar-refractivity contribution in [3.63, 3.8) is 0 Å². The summed E-state index contributed by atoms with van der Waals surface area (Å²) in [5, 5.41) is 10.9. The number of carbonyl (C=O) groups excluding carboxylic acids is 1. The van der Waals surface area contributed by atoms with Gasteiger partial charge in [-0.25, -0.2) is 0 Å². The fourth-order valence-electron chi connectivity index (χ4n) is 4.60. The molecule has 2 aliphatic rings. The van der Waals surface area contributed by atoms with Crippen LogP contribution in [0, 0.1) is 0 Å². The highest BCUT2D eigenvalue weighted by molar-refractivity contribution is 5.94. The first kappa shape index (κ1) is 20.1. The molecule has 0 saturated carbocycles. The summed E-state index contributed by atoms with van der Waals surface area (Å²) >= 11 is 0. The van der Waals surface area contributed by atoms with E-state index in [2.05, 4.69) is 41.1 Å². The predicted molar refractivity (Wildman–Crippen MR) is 115 cm³/mol. The molecular formula is C24H31N3O2. The van der Waals surface area contributed by atoms with E-state index < -0.39 is 6.10 Å². The van der Waals surface area contributed by atoms with Crippen molar-refractivity contribution in [2.24, 2.45) is 0 Å². The summed E-state index contributed by atoms with van der Waals surface area (Å²) in [5.41, 5.74) is 3.45. The maximum atomic E-state index is 13.2. The number of hydrogen-bond donors (Lipinski definition) is 1. The highest BCUT2D eigenvalue weighted by Gasteiger charge is 2.31. The molecule has 1 N–H and O–H groups in total. The quantitative estimate of drug-likeness (QED) is 0.818. The topological polar surface area (TPSA) is 47.0 Å². The molecule has 1 amide bonds. The number of likely N-dealkylation sites (tertiary alicyclic amines) is 1. The Balaban J connectivity index is 1.42. The molecule has 154 valence electrons. The van der Waals surface area contributed by atoms with Crippen LogP contribution >= 0.6 is 0 Å². The van der Waals surface area contributed by atoms with Crippen LogP contribution in [0.5, 0.6) is 0 Å². The van der Waals surface area contributed by atoms with Crippen molar-refractivity contribution in [1.82, 2.24) is 14.7 Å². The van der Waals surface area contributed by atoms with E-state index in [1.807, 2.05) is 35.2 Å².